The first-order chi connectivity index (χ1) is 12.6. The molecule has 146 valence electrons. The summed E-state index contributed by atoms with van der Waals surface area (Å²) in [5.74, 6) is -2.17. The number of pyridine rings is 1. The van der Waals surface area contributed by atoms with Crippen molar-refractivity contribution in [1.29, 1.82) is 0 Å². The van der Waals surface area contributed by atoms with Gasteiger partial charge < -0.3 is 20.3 Å². The Morgan fingerprint density at radius 3 is 2.56 bits per heavy atom. The normalized spacial score (nSPS) is 12.1. The molecular weight excluding hydrogens is 398 g/mol. The monoisotopic (exact) mass is 416 g/mol. The fourth-order valence-electron chi connectivity index (χ4n) is 2.36. The van der Waals surface area contributed by atoms with Crippen LogP contribution in [0, 0.1) is 5.95 Å². The highest BCUT2D eigenvalue weighted by atomic mass is 35.5. The molecule has 27 heavy (non-hydrogen) atoms. The van der Waals surface area contributed by atoms with Gasteiger partial charge in [0.1, 0.15) is 27.6 Å². The molecule has 2 aromatic rings. The smallest absolute Gasteiger partial charge is 0.326 e. The van der Waals surface area contributed by atoms with Gasteiger partial charge in [-0.25, -0.2) is 4.79 Å². The standard InChI is InChI=1S/C18H19Cl2FN2O4/c1-4-11(18(25)26)22-17-14(20)15(13(19)16(21)23-17)27-9-5-6-12(24)10(7-9)8(2)3/h5-8,11,24H,4H2,1-3H3,(H,22,23)(H,25,26). The number of anilines is 1. The maximum Gasteiger partial charge on any atom is 0.326 e. The molecule has 0 fully saturated rings. The van der Waals surface area contributed by atoms with Crippen molar-refractivity contribution < 1.29 is 24.1 Å². The first kappa shape index (κ1) is 21.1. The topological polar surface area (TPSA) is 91.7 Å². The van der Waals surface area contributed by atoms with Gasteiger partial charge in [0.2, 0.25) is 5.95 Å². The van der Waals surface area contributed by atoms with E-state index in [-0.39, 0.29) is 40.4 Å². The van der Waals surface area contributed by atoms with E-state index in [0.29, 0.717) is 5.56 Å². The molecule has 1 unspecified atom stereocenters. The van der Waals surface area contributed by atoms with E-state index in [1.54, 1.807) is 13.0 Å². The van der Waals surface area contributed by atoms with Gasteiger partial charge >= 0.3 is 5.97 Å². The highest BCUT2D eigenvalue weighted by molar-refractivity contribution is 6.38. The molecular formula is C18H19Cl2FN2O4. The highest BCUT2D eigenvalue weighted by Crippen LogP contribution is 2.42. The third-order valence-corrected chi connectivity index (χ3v) is 4.53. The summed E-state index contributed by atoms with van der Waals surface area (Å²) in [5, 5.41) is 21.0. The fourth-order valence-corrected chi connectivity index (χ4v) is 2.81. The molecule has 0 radical (unpaired) electrons. The number of nitrogens with zero attached hydrogens (tertiary/aromatic N) is 1. The lowest BCUT2D eigenvalue weighted by molar-refractivity contribution is -0.137. The number of nitrogens with one attached hydrogen (secondary N) is 1. The Labute approximate surface area is 165 Å². The molecule has 1 atom stereocenters. The first-order valence-electron chi connectivity index (χ1n) is 8.20. The van der Waals surface area contributed by atoms with E-state index in [9.17, 15) is 14.3 Å². The van der Waals surface area contributed by atoms with Crippen molar-refractivity contribution in [2.45, 2.75) is 39.2 Å². The minimum Gasteiger partial charge on any atom is -0.508 e. The van der Waals surface area contributed by atoms with Gasteiger partial charge in [0.05, 0.1) is 0 Å². The number of benzene rings is 1. The van der Waals surface area contributed by atoms with Crippen LogP contribution >= 0.6 is 23.2 Å². The van der Waals surface area contributed by atoms with Gasteiger partial charge in [0.15, 0.2) is 11.6 Å². The predicted octanol–water partition coefficient (Wildman–Crippen LogP) is 5.42. The molecule has 1 heterocycles. The van der Waals surface area contributed by atoms with Crippen LogP contribution in [0.5, 0.6) is 17.2 Å². The number of hydrogen-bond acceptors (Lipinski definition) is 5. The number of carboxylic acid groups (broad SMARTS) is 1. The van der Waals surface area contributed by atoms with Gasteiger partial charge in [-0.1, -0.05) is 44.0 Å². The second-order valence-corrected chi connectivity index (χ2v) is 6.89. The van der Waals surface area contributed by atoms with Crippen LogP contribution in [0.2, 0.25) is 10.0 Å². The minimum atomic E-state index is -1.13. The molecule has 9 heteroatoms. The van der Waals surface area contributed by atoms with Crippen molar-refractivity contribution in [3.8, 4) is 17.2 Å². The average Bonchev–Trinajstić information content (AvgIpc) is 2.61. The summed E-state index contributed by atoms with van der Waals surface area (Å²) in [6.07, 6.45) is 0.226. The third kappa shape index (κ3) is 4.73. The van der Waals surface area contributed by atoms with Crippen molar-refractivity contribution in [2.24, 2.45) is 0 Å². The number of halogens is 3. The molecule has 2 rings (SSSR count). The second kappa shape index (κ2) is 8.63. The Balaban J connectivity index is 2.45. The van der Waals surface area contributed by atoms with E-state index in [4.69, 9.17) is 33.0 Å². The molecule has 6 nitrogen and oxygen atoms in total. The van der Waals surface area contributed by atoms with Crippen molar-refractivity contribution in [2.75, 3.05) is 5.32 Å². The molecule has 0 saturated carbocycles. The quantitative estimate of drug-likeness (QED) is 0.521. The predicted molar refractivity (Wildman–Crippen MR) is 102 cm³/mol. The summed E-state index contributed by atoms with van der Waals surface area (Å²) in [4.78, 5) is 14.8. The number of carboxylic acids is 1. The van der Waals surface area contributed by atoms with Crippen LogP contribution in [0.25, 0.3) is 0 Å². The van der Waals surface area contributed by atoms with E-state index in [1.807, 2.05) is 13.8 Å². The van der Waals surface area contributed by atoms with Crippen molar-refractivity contribution in [3.63, 3.8) is 0 Å². The number of hydrogen-bond donors (Lipinski definition) is 3. The van der Waals surface area contributed by atoms with Crippen LogP contribution in [-0.2, 0) is 4.79 Å². The average molecular weight is 417 g/mol. The van der Waals surface area contributed by atoms with E-state index in [1.165, 1.54) is 12.1 Å². The summed E-state index contributed by atoms with van der Waals surface area (Å²) in [6, 6.07) is 3.50. The molecule has 1 aromatic carbocycles. The molecule has 0 aliphatic carbocycles. The van der Waals surface area contributed by atoms with Crippen LogP contribution in [0.1, 0.15) is 38.7 Å². The van der Waals surface area contributed by atoms with Gasteiger partial charge in [-0.2, -0.15) is 9.37 Å². The van der Waals surface area contributed by atoms with Gasteiger partial charge in [0, 0.05) is 5.56 Å². The van der Waals surface area contributed by atoms with Gasteiger partial charge in [0.25, 0.3) is 0 Å². The van der Waals surface area contributed by atoms with Crippen LogP contribution in [0.4, 0.5) is 10.2 Å². The Morgan fingerprint density at radius 1 is 1.33 bits per heavy atom. The number of ether oxygens (including phenoxy) is 1. The van der Waals surface area contributed by atoms with E-state index < -0.39 is 23.0 Å². The Hall–Kier alpha value is -2.25. The van der Waals surface area contributed by atoms with E-state index in [0.717, 1.165) is 0 Å². The number of aromatic nitrogens is 1. The number of phenols is 1. The third-order valence-electron chi connectivity index (χ3n) is 3.86. The SMILES string of the molecule is CCC(Nc1nc(F)c(Cl)c(Oc2ccc(O)c(C(C)C)c2)c1Cl)C(=O)O. The lowest BCUT2D eigenvalue weighted by Gasteiger charge is -2.18. The summed E-state index contributed by atoms with van der Waals surface area (Å²) >= 11 is 12.2. The second-order valence-electron chi connectivity index (χ2n) is 6.13. The number of aliphatic carboxylic acids is 1. The lowest BCUT2D eigenvalue weighted by atomic mass is 10.0. The first-order valence-corrected chi connectivity index (χ1v) is 8.95. The Bertz CT molecular complexity index is 862. The number of rotatable bonds is 7. The summed E-state index contributed by atoms with van der Waals surface area (Å²) in [5.41, 5.74) is 0.629. The van der Waals surface area contributed by atoms with Crippen LogP contribution in [-0.4, -0.2) is 27.2 Å². The summed E-state index contributed by atoms with van der Waals surface area (Å²) < 4.78 is 19.8. The molecule has 0 saturated heterocycles. The fraction of sp³-hybridized carbons (Fsp3) is 0.333. The maximum atomic E-state index is 14.1. The number of carbonyl (C=O) groups is 1. The zero-order chi connectivity index (χ0) is 20.3. The molecule has 3 N–H and O–H groups in total. The van der Waals surface area contributed by atoms with Crippen LogP contribution < -0.4 is 10.1 Å². The highest BCUT2D eigenvalue weighted by Gasteiger charge is 2.24. The largest absolute Gasteiger partial charge is 0.508 e. The van der Waals surface area contributed by atoms with E-state index >= 15 is 0 Å². The maximum absolute atomic E-state index is 14.1. The zero-order valence-corrected chi connectivity index (χ0v) is 16.4. The zero-order valence-electron chi connectivity index (χ0n) is 14.9. The lowest BCUT2D eigenvalue weighted by Crippen LogP contribution is -2.29. The van der Waals surface area contributed by atoms with Gasteiger partial charge in [-0.05, 0) is 30.5 Å². The van der Waals surface area contributed by atoms with Gasteiger partial charge in [-0.3, -0.25) is 0 Å². The van der Waals surface area contributed by atoms with Crippen molar-refractivity contribution >= 4 is 35.0 Å². The summed E-state index contributed by atoms with van der Waals surface area (Å²) in [7, 11) is 0. The molecule has 0 amide bonds. The number of aromatic hydroxyl groups is 1. The number of phenolic OH excluding ortho intramolecular Hbond substituents is 1. The minimum absolute atomic E-state index is 0.0202. The van der Waals surface area contributed by atoms with Crippen molar-refractivity contribution in [3.05, 3.63) is 39.8 Å². The molecule has 0 aliphatic rings. The molecule has 0 aliphatic heterocycles. The summed E-state index contributed by atoms with van der Waals surface area (Å²) in [6.45, 7) is 5.43. The van der Waals surface area contributed by atoms with E-state index in [2.05, 4.69) is 10.3 Å². The molecule has 0 bridgehead atoms. The molecule has 0 spiro atoms. The Morgan fingerprint density at radius 2 is 2.00 bits per heavy atom. The Kier molecular flexibility index (Phi) is 6.73. The van der Waals surface area contributed by atoms with Crippen LogP contribution in [0.3, 0.4) is 0 Å². The molecule has 1 aromatic heterocycles. The van der Waals surface area contributed by atoms with Crippen molar-refractivity contribution in [1.82, 2.24) is 4.98 Å². The van der Waals surface area contributed by atoms with Crippen LogP contribution in [0.15, 0.2) is 18.2 Å². The van der Waals surface area contributed by atoms with Gasteiger partial charge in [-0.15, -0.1) is 0 Å².